The number of hydrogen-bond donors (Lipinski definition) is 2. The lowest BCUT2D eigenvalue weighted by Crippen LogP contribution is -2.46. The van der Waals surface area contributed by atoms with E-state index in [0.717, 1.165) is 25.9 Å². The van der Waals surface area contributed by atoms with Crippen LogP contribution in [-0.4, -0.2) is 80.8 Å². The summed E-state index contributed by atoms with van der Waals surface area (Å²) in [6.07, 6.45) is 1.84. The van der Waals surface area contributed by atoms with Gasteiger partial charge in [0, 0.05) is 51.6 Å². The molecule has 2 N–H and O–H groups in total. The fourth-order valence-electron chi connectivity index (χ4n) is 3.94. The van der Waals surface area contributed by atoms with Crippen molar-refractivity contribution in [1.82, 2.24) is 15.1 Å². The summed E-state index contributed by atoms with van der Waals surface area (Å²) >= 11 is 0. The van der Waals surface area contributed by atoms with Gasteiger partial charge in [-0.1, -0.05) is 20.8 Å². The van der Waals surface area contributed by atoms with Crippen LogP contribution in [0.25, 0.3) is 0 Å². The van der Waals surface area contributed by atoms with Gasteiger partial charge in [0.05, 0.1) is 11.7 Å². The molecule has 3 amide bonds. The fraction of sp³-hybridized carbons (Fsp3) is 0.667. The quantitative estimate of drug-likeness (QED) is 0.697. The van der Waals surface area contributed by atoms with E-state index in [1.165, 1.54) is 0 Å². The molecule has 180 valence electrons. The first-order chi connectivity index (χ1) is 15.3. The molecule has 0 radical (unpaired) electrons. The van der Waals surface area contributed by atoms with Gasteiger partial charge in [0.15, 0.2) is 0 Å². The van der Waals surface area contributed by atoms with Gasteiger partial charge in [-0.05, 0) is 44.4 Å². The molecule has 0 spiro atoms. The van der Waals surface area contributed by atoms with Crippen molar-refractivity contribution >= 4 is 17.6 Å². The summed E-state index contributed by atoms with van der Waals surface area (Å²) in [5.74, 6) is 0.604. The predicted molar refractivity (Wildman–Crippen MR) is 127 cm³/mol. The first kappa shape index (κ1) is 25.9. The Morgan fingerprint density at radius 2 is 1.97 bits per heavy atom. The van der Waals surface area contributed by atoms with Crippen LogP contribution in [0.2, 0.25) is 0 Å². The minimum absolute atomic E-state index is 0.0671. The van der Waals surface area contributed by atoms with E-state index in [4.69, 9.17) is 9.47 Å². The molecular formula is C24H40N4O4. The lowest BCUT2D eigenvalue weighted by atomic mass is 10.0. The lowest BCUT2D eigenvalue weighted by Gasteiger charge is -2.35. The zero-order valence-electron chi connectivity index (χ0n) is 20.4. The van der Waals surface area contributed by atoms with E-state index in [2.05, 4.69) is 36.3 Å². The summed E-state index contributed by atoms with van der Waals surface area (Å²) < 4.78 is 11.9. The van der Waals surface area contributed by atoms with E-state index in [1.807, 2.05) is 6.92 Å². The molecule has 0 saturated heterocycles. The van der Waals surface area contributed by atoms with Crippen LogP contribution in [0, 0.1) is 5.92 Å². The van der Waals surface area contributed by atoms with Crippen molar-refractivity contribution < 1.29 is 19.1 Å². The van der Waals surface area contributed by atoms with Gasteiger partial charge in [0.2, 0.25) is 0 Å². The summed E-state index contributed by atoms with van der Waals surface area (Å²) in [6, 6.07) is 5.07. The largest absolute Gasteiger partial charge is 0.491 e. The maximum Gasteiger partial charge on any atom is 0.319 e. The monoisotopic (exact) mass is 448 g/mol. The number of hydrogen-bond acceptors (Lipinski definition) is 5. The average Bonchev–Trinajstić information content (AvgIpc) is 2.78. The Hall–Kier alpha value is -2.32. The second kappa shape index (κ2) is 12.6. The molecule has 2 rings (SSSR count). The molecule has 0 aliphatic carbocycles. The van der Waals surface area contributed by atoms with Gasteiger partial charge in [0.25, 0.3) is 5.91 Å². The maximum absolute atomic E-state index is 13.2. The van der Waals surface area contributed by atoms with Gasteiger partial charge in [-0.3, -0.25) is 9.69 Å². The highest BCUT2D eigenvalue weighted by atomic mass is 16.5. The molecule has 8 heteroatoms. The molecule has 1 aromatic carbocycles. The number of likely N-dealkylation sites (N-methyl/N-ethyl adjacent to an activating group) is 1. The van der Waals surface area contributed by atoms with Crippen LogP contribution in [-0.2, 0) is 4.74 Å². The number of nitrogens with zero attached hydrogens (tertiary/aromatic N) is 2. The second-order valence-electron chi connectivity index (χ2n) is 8.68. The average molecular weight is 449 g/mol. The summed E-state index contributed by atoms with van der Waals surface area (Å²) in [6.45, 7) is 11.8. The molecule has 8 nitrogen and oxygen atoms in total. The summed E-state index contributed by atoms with van der Waals surface area (Å²) in [5, 5.41) is 5.60. The standard InChI is InChI=1S/C24H40N4O4/c1-7-11-25-24(30)26-19-9-10-20-21(13-19)32-16-18(4)28(12-8-2)14-17(3)22(31-6)15-27(5)23(20)29/h9-10,13,17-18,22H,7-8,11-12,14-16H2,1-6H3,(H2,25,26,30)/t17-,18+,22-/m0/s1. The minimum atomic E-state index is -0.275. The number of fused-ring (bicyclic) bond motifs is 1. The Balaban J connectivity index is 2.35. The van der Waals surface area contributed by atoms with E-state index in [-0.39, 0.29) is 30.0 Å². The Kier molecular flexibility index (Phi) is 10.3. The molecule has 0 bridgehead atoms. The number of benzene rings is 1. The highest BCUT2D eigenvalue weighted by Gasteiger charge is 2.28. The van der Waals surface area contributed by atoms with E-state index in [1.54, 1.807) is 37.3 Å². The third-order valence-corrected chi connectivity index (χ3v) is 5.88. The van der Waals surface area contributed by atoms with Crippen molar-refractivity contribution in [3.8, 4) is 5.75 Å². The van der Waals surface area contributed by atoms with E-state index in [0.29, 0.717) is 36.7 Å². The van der Waals surface area contributed by atoms with Crippen molar-refractivity contribution in [2.75, 3.05) is 52.3 Å². The summed E-state index contributed by atoms with van der Waals surface area (Å²) in [4.78, 5) is 29.4. The molecule has 0 unspecified atom stereocenters. The van der Waals surface area contributed by atoms with Crippen LogP contribution in [0.4, 0.5) is 10.5 Å². The molecular weight excluding hydrogens is 408 g/mol. The number of urea groups is 1. The van der Waals surface area contributed by atoms with Crippen LogP contribution in [0.15, 0.2) is 18.2 Å². The Bertz CT molecular complexity index is 758. The third-order valence-electron chi connectivity index (χ3n) is 5.88. The van der Waals surface area contributed by atoms with Gasteiger partial charge < -0.3 is 25.0 Å². The topological polar surface area (TPSA) is 83.1 Å². The molecule has 0 saturated carbocycles. The second-order valence-corrected chi connectivity index (χ2v) is 8.68. The van der Waals surface area contributed by atoms with Crippen molar-refractivity contribution in [1.29, 1.82) is 0 Å². The predicted octanol–water partition coefficient (Wildman–Crippen LogP) is 3.43. The van der Waals surface area contributed by atoms with Crippen molar-refractivity contribution in [2.45, 2.75) is 52.7 Å². The molecule has 1 aromatic rings. The van der Waals surface area contributed by atoms with E-state index < -0.39 is 0 Å². The molecule has 1 heterocycles. The van der Waals surface area contributed by atoms with Gasteiger partial charge in [0.1, 0.15) is 12.4 Å². The highest BCUT2D eigenvalue weighted by Crippen LogP contribution is 2.26. The number of ether oxygens (including phenoxy) is 2. The zero-order valence-corrected chi connectivity index (χ0v) is 20.4. The van der Waals surface area contributed by atoms with Crippen LogP contribution in [0.3, 0.4) is 0 Å². The normalized spacial score (nSPS) is 22.9. The Morgan fingerprint density at radius 1 is 1.22 bits per heavy atom. The van der Waals surface area contributed by atoms with Crippen molar-refractivity contribution in [3.63, 3.8) is 0 Å². The number of anilines is 1. The van der Waals surface area contributed by atoms with Crippen LogP contribution in [0.5, 0.6) is 5.75 Å². The lowest BCUT2D eigenvalue weighted by molar-refractivity contribution is 0.0108. The van der Waals surface area contributed by atoms with Gasteiger partial charge in [-0.25, -0.2) is 4.79 Å². The van der Waals surface area contributed by atoms with Crippen molar-refractivity contribution in [2.24, 2.45) is 5.92 Å². The fourth-order valence-corrected chi connectivity index (χ4v) is 3.94. The van der Waals surface area contributed by atoms with Crippen LogP contribution in [0.1, 0.15) is 50.9 Å². The molecule has 3 atom stereocenters. The molecule has 32 heavy (non-hydrogen) atoms. The molecule has 0 aromatic heterocycles. The van der Waals surface area contributed by atoms with Crippen LogP contribution < -0.4 is 15.4 Å². The van der Waals surface area contributed by atoms with Crippen molar-refractivity contribution in [3.05, 3.63) is 23.8 Å². The minimum Gasteiger partial charge on any atom is -0.491 e. The first-order valence-electron chi connectivity index (χ1n) is 11.6. The smallest absolute Gasteiger partial charge is 0.319 e. The molecule has 0 fully saturated rings. The highest BCUT2D eigenvalue weighted by molar-refractivity contribution is 5.98. The number of carbonyl (C=O) groups excluding carboxylic acids is 2. The number of rotatable bonds is 6. The first-order valence-corrected chi connectivity index (χ1v) is 11.6. The summed E-state index contributed by atoms with van der Waals surface area (Å²) in [7, 11) is 3.49. The van der Waals surface area contributed by atoms with Gasteiger partial charge >= 0.3 is 6.03 Å². The number of carbonyl (C=O) groups is 2. The third kappa shape index (κ3) is 7.10. The Labute approximate surface area is 192 Å². The van der Waals surface area contributed by atoms with Crippen LogP contribution >= 0.6 is 0 Å². The number of nitrogens with one attached hydrogen (secondary N) is 2. The number of methoxy groups -OCH3 is 1. The van der Waals surface area contributed by atoms with Gasteiger partial charge in [-0.15, -0.1) is 0 Å². The van der Waals surface area contributed by atoms with E-state index >= 15 is 0 Å². The number of amides is 3. The summed E-state index contributed by atoms with van der Waals surface area (Å²) in [5.41, 5.74) is 1.06. The Morgan fingerprint density at radius 3 is 2.62 bits per heavy atom. The SMILES string of the molecule is CCCNC(=O)Nc1ccc2c(c1)OC[C@@H](C)N(CCC)C[C@H](C)[C@@H](OC)CN(C)C2=O. The molecule has 1 aliphatic rings. The van der Waals surface area contributed by atoms with E-state index in [9.17, 15) is 9.59 Å². The van der Waals surface area contributed by atoms with Gasteiger partial charge in [-0.2, -0.15) is 0 Å². The maximum atomic E-state index is 13.2. The molecule has 1 aliphatic heterocycles. The zero-order chi connectivity index (χ0) is 23.7.